The van der Waals surface area contributed by atoms with Crippen molar-refractivity contribution < 1.29 is 38.5 Å². The van der Waals surface area contributed by atoms with E-state index in [0.717, 1.165) is 34.3 Å². The number of rotatable bonds is 5. The van der Waals surface area contributed by atoms with Crippen LogP contribution >= 0.6 is 0 Å². The maximum absolute atomic E-state index is 13.0. The highest BCUT2D eigenvalue weighted by Gasteiger charge is 2.56. The smallest absolute Gasteiger partial charge is 0.411 e. The van der Waals surface area contributed by atoms with Gasteiger partial charge in [-0.2, -0.15) is 0 Å². The Kier molecular flexibility index (Phi) is 6.86. The molecule has 0 unspecified atom stereocenters. The number of methoxy groups -OCH3 is 1. The van der Waals surface area contributed by atoms with Crippen molar-refractivity contribution in [1.29, 1.82) is 0 Å². The number of hydrogen-bond donors (Lipinski definition) is 2. The second kappa shape index (κ2) is 9.76. The van der Waals surface area contributed by atoms with Gasteiger partial charge in [0.05, 0.1) is 13.7 Å². The first-order valence-corrected chi connectivity index (χ1v) is 11.9. The van der Waals surface area contributed by atoms with Crippen molar-refractivity contribution in [2.24, 2.45) is 0 Å². The predicted molar refractivity (Wildman–Crippen MR) is 132 cm³/mol. The Balaban J connectivity index is 1.53. The number of hydrogen-bond acceptors (Lipinski definition) is 7. The number of nitrogens with zero attached hydrogens (tertiary/aromatic N) is 1. The first-order chi connectivity index (χ1) is 17.5. The monoisotopic (exact) mass is 510 g/mol. The lowest BCUT2D eigenvalue weighted by Crippen LogP contribution is -2.57. The molecule has 0 bridgehead atoms. The van der Waals surface area contributed by atoms with Crippen LogP contribution < -0.4 is 5.32 Å². The van der Waals surface area contributed by atoms with Crippen LogP contribution in [0.25, 0.3) is 11.1 Å². The lowest BCUT2D eigenvalue weighted by Gasteiger charge is -2.29. The number of carboxylic acid groups (broad SMARTS) is 1. The Morgan fingerprint density at radius 3 is 2.11 bits per heavy atom. The van der Waals surface area contributed by atoms with Crippen molar-refractivity contribution in [1.82, 2.24) is 10.2 Å². The molecular weight excluding hydrogens is 480 g/mol. The molecule has 0 radical (unpaired) electrons. The van der Waals surface area contributed by atoms with E-state index in [4.69, 9.17) is 14.2 Å². The molecule has 2 aromatic rings. The molecule has 1 aliphatic carbocycles. The number of amides is 2. The summed E-state index contributed by atoms with van der Waals surface area (Å²) < 4.78 is 15.8. The zero-order valence-electron chi connectivity index (χ0n) is 21.1. The average Bonchev–Trinajstić information content (AvgIpc) is 3.39. The molecule has 2 aliphatic rings. The van der Waals surface area contributed by atoms with E-state index in [0.29, 0.717) is 0 Å². The van der Waals surface area contributed by atoms with E-state index in [1.54, 1.807) is 20.8 Å². The van der Waals surface area contributed by atoms with Crippen molar-refractivity contribution in [2.75, 3.05) is 20.3 Å². The summed E-state index contributed by atoms with van der Waals surface area (Å²) in [5.41, 5.74) is 1.44. The molecule has 1 aliphatic heterocycles. The zero-order chi connectivity index (χ0) is 27.0. The number of fused-ring (bicyclic) bond motifs is 3. The minimum atomic E-state index is -1.82. The fourth-order valence-electron chi connectivity index (χ4n) is 4.95. The van der Waals surface area contributed by atoms with Crippen LogP contribution in [0.3, 0.4) is 0 Å². The number of likely N-dealkylation sites (tertiary alicyclic amines) is 1. The number of carboxylic acids is 1. The predicted octanol–water partition coefficient (Wildman–Crippen LogP) is 3.53. The molecule has 10 nitrogen and oxygen atoms in total. The molecule has 4 rings (SSSR count). The molecular formula is C27H30N2O8. The summed E-state index contributed by atoms with van der Waals surface area (Å²) in [4.78, 5) is 51.4. The van der Waals surface area contributed by atoms with Gasteiger partial charge in [0, 0.05) is 12.3 Å². The van der Waals surface area contributed by atoms with Crippen LogP contribution in [0.1, 0.15) is 44.2 Å². The number of esters is 1. The number of alkyl carbamates (subject to hydrolysis) is 1. The molecule has 10 heteroatoms. The third kappa shape index (κ3) is 5.09. The lowest BCUT2D eigenvalue weighted by molar-refractivity contribution is -0.147. The zero-order valence-corrected chi connectivity index (χ0v) is 21.1. The van der Waals surface area contributed by atoms with Crippen LogP contribution in [0.15, 0.2) is 48.5 Å². The van der Waals surface area contributed by atoms with E-state index >= 15 is 0 Å². The highest BCUT2D eigenvalue weighted by atomic mass is 16.6. The molecule has 2 N–H and O–H groups in total. The van der Waals surface area contributed by atoms with Crippen LogP contribution in [0, 0.1) is 0 Å². The van der Waals surface area contributed by atoms with Gasteiger partial charge in [-0.1, -0.05) is 48.5 Å². The third-order valence-electron chi connectivity index (χ3n) is 6.53. The van der Waals surface area contributed by atoms with Crippen molar-refractivity contribution in [3.8, 4) is 11.1 Å². The molecule has 0 saturated carbocycles. The summed E-state index contributed by atoms with van der Waals surface area (Å²) in [7, 11) is 1.12. The first kappa shape index (κ1) is 26.0. The summed E-state index contributed by atoms with van der Waals surface area (Å²) in [5, 5.41) is 12.2. The van der Waals surface area contributed by atoms with Crippen LogP contribution in [-0.2, 0) is 23.8 Å². The minimum Gasteiger partial charge on any atom is -0.480 e. The van der Waals surface area contributed by atoms with Gasteiger partial charge in [-0.3, -0.25) is 4.90 Å². The number of nitrogens with one attached hydrogen (secondary N) is 1. The van der Waals surface area contributed by atoms with Gasteiger partial charge in [0.2, 0.25) is 0 Å². The second-order valence-electron chi connectivity index (χ2n) is 10.2. The SMILES string of the molecule is COC(=O)[C@@]1(NC(=O)OCC2c3ccccc3-c3ccccc32)C[C@H](C(=O)O)N(C(=O)OC(C)(C)C)C1. The van der Waals surface area contributed by atoms with E-state index in [9.17, 15) is 24.3 Å². The van der Waals surface area contributed by atoms with E-state index in [1.165, 1.54) is 0 Å². The molecule has 2 aromatic carbocycles. The summed E-state index contributed by atoms with van der Waals surface area (Å²) in [6.45, 7) is 4.46. The lowest BCUT2D eigenvalue weighted by atomic mass is 9.96. The first-order valence-electron chi connectivity index (χ1n) is 11.9. The highest BCUT2D eigenvalue weighted by molar-refractivity contribution is 5.91. The van der Waals surface area contributed by atoms with Crippen molar-refractivity contribution in [3.63, 3.8) is 0 Å². The van der Waals surface area contributed by atoms with Crippen LogP contribution in [0.5, 0.6) is 0 Å². The van der Waals surface area contributed by atoms with Gasteiger partial charge in [0.15, 0.2) is 5.54 Å². The van der Waals surface area contributed by atoms with Crippen LogP contribution in [0.2, 0.25) is 0 Å². The molecule has 196 valence electrons. The van der Waals surface area contributed by atoms with Gasteiger partial charge in [-0.15, -0.1) is 0 Å². The van der Waals surface area contributed by atoms with Crippen molar-refractivity contribution in [3.05, 3.63) is 59.7 Å². The van der Waals surface area contributed by atoms with Crippen molar-refractivity contribution >= 4 is 24.1 Å². The van der Waals surface area contributed by atoms with E-state index in [2.05, 4.69) is 5.32 Å². The molecule has 0 spiro atoms. The number of carbonyl (C=O) groups excluding carboxylic acids is 3. The van der Waals surface area contributed by atoms with E-state index in [1.807, 2.05) is 48.5 Å². The van der Waals surface area contributed by atoms with Gasteiger partial charge < -0.3 is 24.6 Å². The fourth-order valence-corrected chi connectivity index (χ4v) is 4.95. The summed E-state index contributed by atoms with van der Waals surface area (Å²) in [5.74, 6) is -2.44. The molecule has 1 saturated heterocycles. The number of benzene rings is 2. The second-order valence-corrected chi connectivity index (χ2v) is 10.2. The van der Waals surface area contributed by atoms with Gasteiger partial charge in [0.1, 0.15) is 18.2 Å². The molecule has 37 heavy (non-hydrogen) atoms. The van der Waals surface area contributed by atoms with Crippen molar-refractivity contribution in [2.45, 2.75) is 50.3 Å². The summed E-state index contributed by atoms with van der Waals surface area (Å²) >= 11 is 0. The Hall–Kier alpha value is -4.08. The Morgan fingerprint density at radius 1 is 1.03 bits per heavy atom. The van der Waals surface area contributed by atoms with Gasteiger partial charge in [-0.25, -0.2) is 19.2 Å². The normalized spacial score (nSPS) is 20.5. The van der Waals surface area contributed by atoms with Gasteiger partial charge in [0.25, 0.3) is 0 Å². The van der Waals surface area contributed by atoms with Crippen LogP contribution in [-0.4, -0.2) is 71.6 Å². The minimum absolute atomic E-state index is 0.00471. The number of aliphatic carboxylic acids is 1. The topological polar surface area (TPSA) is 131 Å². The molecule has 2 amide bonds. The third-order valence-corrected chi connectivity index (χ3v) is 6.53. The maximum atomic E-state index is 13.0. The Morgan fingerprint density at radius 2 is 1.59 bits per heavy atom. The molecule has 1 heterocycles. The standard InChI is InChI=1S/C27H30N2O8/c1-26(2,3)37-25(34)29-15-27(23(32)35-4,13-21(29)22(30)31)28-24(33)36-14-20-18-11-7-5-9-16(18)17-10-6-8-12-19(17)20/h5-12,20-21H,13-15H2,1-4H3,(H,28,33)(H,30,31)/t21-,27-/m1/s1. The Labute approximate surface area is 214 Å². The van der Waals surface area contributed by atoms with Gasteiger partial charge in [-0.05, 0) is 43.0 Å². The largest absolute Gasteiger partial charge is 0.480 e. The van der Waals surface area contributed by atoms with E-state index < -0.39 is 54.3 Å². The molecule has 0 aromatic heterocycles. The Bertz CT molecular complexity index is 1190. The quantitative estimate of drug-likeness (QED) is 0.461. The number of ether oxygens (including phenoxy) is 3. The number of carbonyl (C=O) groups is 4. The summed E-state index contributed by atoms with van der Waals surface area (Å²) in [6, 6.07) is 14.3. The summed E-state index contributed by atoms with van der Waals surface area (Å²) in [6.07, 6.45) is -2.25. The molecule has 1 fully saturated rings. The average molecular weight is 511 g/mol. The maximum Gasteiger partial charge on any atom is 0.411 e. The fraction of sp³-hybridized carbons (Fsp3) is 0.407. The highest BCUT2D eigenvalue weighted by Crippen LogP contribution is 2.44. The molecule has 2 atom stereocenters. The van der Waals surface area contributed by atoms with Crippen LogP contribution in [0.4, 0.5) is 9.59 Å². The van der Waals surface area contributed by atoms with Gasteiger partial charge >= 0.3 is 24.1 Å². The van der Waals surface area contributed by atoms with E-state index in [-0.39, 0.29) is 12.5 Å².